The van der Waals surface area contributed by atoms with Crippen molar-refractivity contribution in [3.05, 3.63) is 122 Å². The summed E-state index contributed by atoms with van der Waals surface area (Å²) in [5.74, 6) is 0.875. The van der Waals surface area contributed by atoms with E-state index in [1.807, 2.05) is 18.5 Å². The Hall–Kier alpha value is -4.68. The van der Waals surface area contributed by atoms with Crippen LogP contribution in [-0.4, -0.2) is 28.6 Å². The highest BCUT2D eigenvalue weighted by atomic mass is 32.1. The molecule has 0 amide bonds. The highest BCUT2D eigenvalue weighted by Crippen LogP contribution is 2.41. The number of para-hydroxylation sites is 1. The molecule has 3 aromatic heterocycles. The molecule has 0 saturated heterocycles. The first-order chi connectivity index (χ1) is 18.7. The van der Waals surface area contributed by atoms with Gasteiger partial charge in [-0.3, -0.25) is 9.88 Å². The first-order valence-electron chi connectivity index (χ1n) is 12.6. The van der Waals surface area contributed by atoms with E-state index in [4.69, 9.17) is 4.98 Å². The van der Waals surface area contributed by atoms with Gasteiger partial charge < -0.3 is 9.80 Å². The maximum Gasteiger partial charge on any atom is 0.138 e. The van der Waals surface area contributed by atoms with Gasteiger partial charge in [0.15, 0.2) is 0 Å². The average Bonchev–Trinajstić information content (AvgIpc) is 3.58. The third-order valence-corrected chi connectivity index (χ3v) is 8.04. The molecule has 1 aliphatic rings. The zero-order valence-electron chi connectivity index (χ0n) is 20.9. The van der Waals surface area contributed by atoms with Crippen LogP contribution in [0, 0.1) is 0 Å². The fourth-order valence-corrected chi connectivity index (χ4v) is 6.24. The van der Waals surface area contributed by atoms with Crippen molar-refractivity contribution in [2.45, 2.75) is 0 Å². The minimum absolute atomic E-state index is 0.831. The van der Waals surface area contributed by atoms with E-state index in [-0.39, 0.29) is 0 Å². The van der Waals surface area contributed by atoms with Crippen LogP contribution in [0.3, 0.4) is 0 Å². The Balaban J connectivity index is 1.36. The highest BCUT2D eigenvalue weighted by Gasteiger charge is 2.18. The lowest BCUT2D eigenvalue weighted by molar-refractivity contribution is 0.496. The summed E-state index contributed by atoms with van der Waals surface area (Å²) in [7, 11) is 2.08. The summed E-state index contributed by atoms with van der Waals surface area (Å²) >= 11 is 1.77. The molecule has 4 heterocycles. The van der Waals surface area contributed by atoms with E-state index in [1.54, 1.807) is 11.3 Å². The van der Waals surface area contributed by atoms with Crippen LogP contribution < -0.4 is 9.80 Å². The van der Waals surface area contributed by atoms with Crippen molar-refractivity contribution < 1.29 is 0 Å². The zero-order valence-corrected chi connectivity index (χ0v) is 21.7. The maximum absolute atomic E-state index is 5.24. The molecule has 0 atom stereocenters. The van der Waals surface area contributed by atoms with Gasteiger partial charge in [-0.2, -0.15) is 0 Å². The van der Waals surface area contributed by atoms with Crippen molar-refractivity contribution >= 4 is 54.4 Å². The monoisotopic (exact) mass is 511 g/mol. The van der Waals surface area contributed by atoms with Crippen LogP contribution in [0.15, 0.2) is 122 Å². The fourth-order valence-electron chi connectivity index (χ4n) is 5.05. The third kappa shape index (κ3) is 3.96. The maximum atomic E-state index is 5.24. The lowest BCUT2D eigenvalue weighted by Gasteiger charge is -2.26. The van der Waals surface area contributed by atoms with E-state index in [9.17, 15) is 0 Å². The van der Waals surface area contributed by atoms with Crippen LogP contribution in [0.1, 0.15) is 0 Å². The second-order valence-corrected chi connectivity index (χ2v) is 10.4. The van der Waals surface area contributed by atoms with Crippen molar-refractivity contribution in [2.24, 2.45) is 0 Å². The van der Waals surface area contributed by atoms with E-state index in [2.05, 4.69) is 130 Å². The van der Waals surface area contributed by atoms with Gasteiger partial charge >= 0.3 is 0 Å². The summed E-state index contributed by atoms with van der Waals surface area (Å²) in [6.07, 6.45) is 8.02. The van der Waals surface area contributed by atoms with Gasteiger partial charge in [-0.25, -0.2) is 4.98 Å². The Kier molecular flexibility index (Phi) is 5.52. The molecule has 0 radical (unpaired) electrons. The number of rotatable bonds is 5. The van der Waals surface area contributed by atoms with Crippen molar-refractivity contribution in [1.29, 1.82) is 0 Å². The van der Waals surface area contributed by atoms with Gasteiger partial charge in [0.05, 0.1) is 17.1 Å². The molecule has 6 aromatic rings. The number of benzene rings is 3. The normalized spacial score (nSPS) is 13.1. The molecule has 0 fully saturated rings. The fraction of sp³-hybridized carbons (Fsp3) is 0.0625. The molecule has 0 N–H and O–H groups in total. The van der Waals surface area contributed by atoms with Crippen LogP contribution in [0.25, 0.3) is 31.4 Å². The van der Waals surface area contributed by atoms with Crippen molar-refractivity contribution in [3.8, 4) is 11.3 Å². The SMILES string of the molecule is CN1C=CN(c2cccc(N(c3ccccc3)c3cccc(-c4cccc5c4sc4cnccc45)n3)c2)C1. The first kappa shape index (κ1) is 22.5. The molecule has 0 unspecified atom stereocenters. The van der Waals surface area contributed by atoms with Crippen molar-refractivity contribution in [1.82, 2.24) is 14.9 Å². The summed E-state index contributed by atoms with van der Waals surface area (Å²) in [4.78, 5) is 16.2. The Morgan fingerprint density at radius 2 is 1.63 bits per heavy atom. The van der Waals surface area contributed by atoms with Gasteiger partial charge in [0.1, 0.15) is 5.82 Å². The lowest BCUT2D eigenvalue weighted by atomic mass is 10.1. The summed E-state index contributed by atoms with van der Waals surface area (Å²) in [5, 5.41) is 2.48. The molecular weight excluding hydrogens is 486 g/mol. The molecule has 0 bridgehead atoms. The van der Waals surface area contributed by atoms with Crippen LogP contribution in [0.5, 0.6) is 0 Å². The van der Waals surface area contributed by atoms with Gasteiger partial charge in [0.25, 0.3) is 0 Å². The Morgan fingerprint density at radius 1 is 0.789 bits per heavy atom. The number of nitrogens with zero attached hydrogens (tertiary/aromatic N) is 5. The smallest absolute Gasteiger partial charge is 0.138 e. The van der Waals surface area contributed by atoms with Crippen molar-refractivity contribution in [2.75, 3.05) is 23.5 Å². The van der Waals surface area contributed by atoms with Gasteiger partial charge in [-0.05, 0) is 48.5 Å². The standard InChI is InChI=1S/C32H25N5S/c1-35-18-19-36(22-35)24-10-5-11-25(20-24)37(23-8-3-2-4-9-23)31-15-7-14-29(34-31)28-13-6-12-27-26-16-17-33-21-30(26)38-32(27)28/h2-21H,22H2,1H3. The summed E-state index contributed by atoms with van der Waals surface area (Å²) < 4.78 is 2.42. The second-order valence-electron chi connectivity index (χ2n) is 9.39. The number of aromatic nitrogens is 2. The van der Waals surface area contributed by atoms with E-state index in [1.165, 1.54) is 20.2 Å². The number of fused-ring (bicyclic) bond motifs is 3. The molecule has 6 heteroatoms. The van der Waals surface area contributed by atoms with Crippen LogP contribution in [0.2, 0.25) is 0 Å². The molecule has 0 saturated carbocycles. The van der Waals surface area contributed by atoms with Gasteiger partial charge in [-0.1, -0.05) is 48.5 Å². The number of pyridine rings is 2. The zero-order chi connectivity index (χ0) is 25.5. The number of anilines is 4. The van der Waals surface area contributed by atoms with Crippen LogP contribution in [0.4, 0.5) is 22.9 Å². The van der Waals surface area contributed by atoms with Crippen LogP contribution in [-0.2, 0) is 0 Å². The van der Waals surface area contributed by atoms with E-state index < -0.39 is 0 Å². The lowest BCUT2D eigenvalue weighted by Crippen LogP contribution is -2.22. The summed E-state index contributed by atoms with van der Waals surface area (Å²) in [6, 6.07) is 33.9. The number of thiophene rings is 1. The van der Waals surface area contributed by atoms with E-state index >= 15 is 0 Å². The largest absolute Gasteiger partial charge is 0.361 e. The average molecular weight is 512 g/mol. The molecular formula is C32H25N5S. The van der Waals surface area contributed by atoms with Crippen molar-refractivity contribution in [3.63, 3.8) is 0 Å². The minimum atomic E-state index is 0.831. The number of hydrogen-bond donors (Lipinski definition) is 0. The highest BCUT2D eigenvalue weighted by molar-refractivity contribution is 7.26. The second kappa shape index (κ2) is 9.32. The molecule has 38 heavy (non-hydrogen) atoms. The van der Waals surface area contributed by atoms with Crippen LogP contribution >= 0.6 is 11.3 Å². The molecule has 1 aliphatic heterocycles. The first-order valence-corrected chi connectivity index (χ1v) is 13.4. The molecule has 7 rings (SSSR count). The molecule has 0 spiro atoms. The number of hydrogen-bond acceptors (Lipinski definition) is 6. The molecule has 0 aliphatic carbocycles. The topological polar surface area (TPSA) is 35.5 Å². The summed E-state index contributed by atoms with van der Waals surface area (Å²) in [5.41, 5.74) is 5.36. The van der Waals surface area contributed by atoms with Gasteiger partial charge in [-0.15, -0.1) is 11.3 Å². The Morgan fingerprint density at radius 3 is 2.50 bits per heavy atom. The summed E-state index contributed by atoms with van der Waals surface area (Å²) in [6.45, 7) is 0.831. The molecule has 3 aromatic carbocycles. The van der Waals surface area contributed by atoms with E-state index in [0.717, 1.165) is 40.8 Å². The molecule has 5 nitrogen and oxygen atoms in total. The third-order valence-electron chi connectivity index (χ3n) is 6.85. The van der Waals surface area contributed by atoms with Gasteiger partial charge in [0, 0.05) is 69.9 Å². The Labute approximate surface area is 225 Å². The quantitative estimate of drug-likeness (QED) is 0.233. The Bertz CT molecular complexity index is 1790. The van der Waals surface area contributed by atoms with Gasteiger partial charge in [0.2, 0.25) is 0 Å². The van der Waals surface area contributed by atoms with E-state index in [0.29, 0.717) is 0 Å². The minimum Gasteiger partial charge on any atom is -0.361 e. The predicted molar refractivity (Wildman–Crippen MR) is 159 cm³/mol. The molecule has 184 valence electrons. The predicted octanol–water partition coefficient (Wildman–Crippen LogP) is 8.16.